The highest BCUT2D eigenvalue weighted by Crippen LogP contribution is 2.27. The summed E-state index contributed by atoms with van der Waals surface area (Å²) in [5.74, 6) is 1.84. The minimum absolute atomic E-state index is 0.137. The first-order valence-corrected chi connectivity index (χ1v) is 6.57. The molecule has 3 atom stereocenters. The van der Waals surface area contributed by atoms with Gasteiger partial charge in [-0.3, -0.25) is 0 Å². The largest absolute Gasteiger partial charge is 0.393 e. The minimum Gasteiger partial charge on any atom is -0.393 e. The first-order chi connectivity index (χ1) is 7.18. The zero-order valence-corrected chi connectivity index (χ0v) is 10.3. The monoisotopic (exact) mass is 213 g/mol. The molecule has 0 aromatic rings. The molecule has 0 amide bonds. The summed E-state index contributed by atoms with van der Waals surface area (Å²) in [6, 6.07) is 0. The lowest BCUT2D eigenvalue weighted by Gasteiger charge is -2.26. The van der Waals surface area contributed by atoms with Crippen LogP contribution in [0.15, 0.2) is 0 Å². The number of rotatable bonds is 6. The number of nitrogens with one attached hydrogen (secondary N) is 1. The summed E-state index contributed by atoms with van der Waals surface area (Å²) in [4.78, 5) is 0. The summed E-state index contributed by atoms with van der Waals surface area (Å²) in [6.07, 6.45) is 7.55. The number of aliphatic hydroxyl groups excluding tert-OH is 1. The summed E-state index contributed by atoms with van der Waals surface area (Å²) in [5, 5.41) is 12.6. The number of aliphatic hydroxyl groups is 1. The van der Waals surface area contributed by atoms with Crippen molar-refractivity contribution in [2.75, 3.05) is 13.1 Å². The van der Waals surface area contributed by atoms with Gasteiger partial charge < -0.3 is 10.4 Å². The maximum Gasteiger partial charge on any atom is 0.0512 e. The lowest BCUT2D eigenvalue weighted by atomic mass is 9.82. The van der Waals surface area contributed by atoms with E-state index in [1.807, 2.05) is 6.92 Å². The van der Waals surface area contributed by atoms with Crippen molar-refractivity contribution in [1.82, 2.24) is 5.32 Å². The summed E-state index contributed by atoms with van der Waals surface area (Å²) in [7, 11) is 0. The topological polar surface area (TPSA) is 32.3 Å². The Bertz CT molecular complexity index is 159. The predicted octanol–water partition coefficient (Wildman–Crippen LogP) is 2.56. The van der Waals surface area contributed by atoms with Gasteiger partial charge >= 0.3 is 0 Å². The molecule has 15 heavy (non-hydrogen) atoms. The van der Waals surface area contributed by atoms with Crippen molar-refractivity contribution in [3.05, 3.63) is 0 Å². The van der Waals surface area contributed by atoms with E-state index < -0.39 is 0 Å². The lowest BCUT2D eigenvalue weighted by molar-refractivity contribution is 0.180. The smallest absolute Gasteiger partial charge is 0.0512 e. The molecule has 1 rings (SSSR count). The van der Waals surface area contributed by atoms with Gasteiger partial charge in [0, 0.05) is 0 Å². The molecule has 90 valence electrons. The Morgan fingerprint density at radius 3 is 2.87 bits per heavy atom. The average Bonchev–Trinajstić information content (AvgIpc) is 2.17. The van der Waals surface area contributed by atoms with E-state index in [1.54, 1.807) is 0 Å². The fourth-order valence-electron chi connectivity index (χ4n) is 2.57. The second-order valence-corrected chi connectivity index (χ2v) is 5.33. The highest BCUT2D eigenvalue weighted by Gasteiger charge is 2.17. The van der Waals surface area contributed by atoms with Crippen molar-refractivity contribution in [2.24, 2.45) is 11.8 Å². The molecule has 0 saturated heterocycles. The molecule has 1 aliphatic carbocycles. The van der Waals surface area contributed by atoms with Crippen LogP contribution in [0.2, 0.25) is 0 Å². The van der Waals surface area contributed by atoms with Crippen LogP contribution < -0.4 is 5.32 Å². The van der Waals surface area contributed by atoms with Gasteiger partial charge in [0.05, 0.1) is 6.10 Å². The van der Waals surface area contributed by atoms with E-state index in [9.17, 15) is 0 Å². The van der Waals surface area contributed by atoms with Crippen LogP contribution in [0.25, 0.3) is 0 Å². The van der Waals surface area contributed by atoms with Gasteiger partial charge in [0.15, 0.2) is 0 Å². The van der Waals surface area contributed by atoms with Crippen LogP contribution in [0.1, 0.15) is 52.4 Å². The molecule has 1 saturated carbocycles. The zero-order chi connectivity index (χ0) is 11.1. The van der Waals surface area contributed by atoms with E-state index in [4.69, 9.17) is 5.11 Å². The molecule has 1 aliphatic rings. The third kappa shape index (κ3) is 6.16. The number of hydrogen-bond acceptors (Lipinski definition) is 2. The first-order valence-electron chi connectivity index (χ1n) is 6.57. The summed E-state index contributed by atoms with van der Waals surface area (Å²) >= 11 is 0. The normalized spacial score (nSPS) is 29.0. The molecular formula is C13H27NO. The van der Waals surface area contributed by atoms with E-state index in [-0.39, 0.29) is 6.10 Å². The van der Waals surface area contributed by atoms with E-state index >= 15 is 0 Å². The van der Waals surface area contributed by atoms with Crippen molar-refractivity contribution in [3.8, 4) is 0 Å². The summed E-state index contributed by atoms with van der Waals surface area (Å²) < 4.78 is 0. The van der Waals surface area contributed by atoms with Crippen LogP contribution in [0, 0.1) is 11.8 Å². The minimum atomic E-state index is -0.137. The average molecular weight is 213 g/mol. The van der Waals surface area contributed by atoms with Crippen LogP contribution in [0.3, 0.4) is 0 Å². The van der Waals surface area contributed by atoms with Crippen LogP contribution >= 0.6 is 0 Å². The van der Waals surface area contributed by atoms with Crippen LogP contribution in [-0.2, 0) is 0 Å². The Morgan fingerprint density at radius 2 is 2.20 bits per heavy atom. The van der Waals surface area contributed by atoms with E-state index in [0.29, 0.717) is 0 Å². The second-order valence-electron chi connectivity index (χ2n) is 5.33. The summed E-state index contributed by atoms with van der Waals surface area (Å²) in [5.41, 5.74) is 0. The standard InChI is InChI=1S/C13H27NO/c1-11-5-3-7-13(9-11)10-14-8-4-6-12(2)15/h11-15H,3-10H2,1-2H3. The fourth-order valence-corrected chi connectivity index (χ4v) is 2.57. The molecule has 1 fully saturated rings. The molecule has 0 aliphatic heterocycles. The molecule has 0 aromatic carbocycles. The van der Waals surface area contributed by atoms with E-state index in [0.717, 1.165) is 31.2 Å². The van der Waals surface area contributed by atoms with Crippen molar-refractivity contribution in [2.45, 2.75) is 58.5 Å². The van der Waals surface area contributed by atoms with E-state index in [1.165, 1.54) is 32.2 Å². The Hall–Kier alpha value is -0.0800. The molecule has 2 N–H and O–H groups in total. The predicted molar refractivity (Wildman–Crippen MR) is 64.9 cm³/mol. The van der Waals surface area contributed by atoms with Crippen molar-refractivity contribution in [1.29, 1.82) is 0 Å². The van der Waals surface area contributed by atoms with Gasteiger partial charge in [-0.1, -0.05) is 19.8 Å². The zero-order valence-electron chi connectivity index (χ0n) is 10.3. The van der Waals surface area contributed by atoms with Gasteiger partial charge in [0.2, 0.25) is 0 Å². The molecule has 0 bridgehead atoms. The molecule has 0 aromatic heterocycles. The van der Waals surface area contributed by atoms with E-state index in [2.05, 4.69) is 12.2 Å². The molecule has 2 nitrogen and oxygen atoms in total. The highest BCUT2D eigenvalue weighted by molar-refractivity contribution is 4.72. The Labute approximate surface area is 94.5 Å². The molecule has 2 heteroatoms. The Balaban J connectivity index is 1.95. The van der Waals surface area contributed by atoms with Gasteiger partial charge in [0.25, 0.3) is 0 Å². The van der Waals surface area contributed by atoms with Crippen molar-refractivity contribution >= 4 is 0 Å². The van der Waals surface area contributed by atoms with Gasteiger partial charge in [-0.05, 0) is 57.5 Å². The Morgan fingerprint density at radius 1 is 1.40 bits per heavy atom. The third-order valence-electron chi connectivity index (χ3n) is 3.45. The van der Waals surface area contributed by atoms with Gasteiger partial charge in [-0.15, -0.1) is 0 Å². The van der Waals surface area contributed by atoms with Crippen LogP contribution in [0.4, 0.5) is 0 Å². The van der Waals surface area contributed by atoms with Crippen LogP contribution in [0.5, 0.6) is 0 Å². The maximum absolute atomic E-state index is 9.11. The van der Waals surface area contributed by atoms with Gasteiger partial charge in [-0.25, -0.2) is 0 Å². The SMILES string of the molecule is CC(O)CCCNCC1CCCC(C)C1. The van der Waals surface area contributed by atoms with Crippen molar-refractivity contribution < 1.29 is 5.11 Å². The number of hydrogen-bond donors (Lipinski definition) is 2. The maximum atomic E-state index is 9.11. The molecular weight excluding hydrogens is 186 g/mol. The molecule has 0 spiro atoms. The highest BCUT2D eigenvalue weighted by atomic mass is 16.3. The quantitative estimate of drug-likeness (QED) is 0.665. The van der Waals surface area contributed by atoms with Gasteiger partial charge in [-0.2, -0.15) is 0 Å². The first kappa shape index (κ1) is 13.0. The summed E-state index contributed by atoms with van der Waals surface area (Å²) in [6.45, 7) is 6.49. The second kappa shape index (κ2) is 7.24. The fraction of sp³-hybridized carbons (Fsp3) is 1.00. The van der Waals surface area contributed by atoms with Gasteiger partial charge in [0.1, 0.15) is 0 Å². The van der Waals surface area contributed by atoms with Crippen LogP contribution in [-0.4, -0.2) is 24.3 Å². The Kier molecular flexibility index (Phi) is 6.26. The van der Waals surface area contributed by atoms with Crippen molar-refractivity contribution in [3.63, 3.8) is 0 Å². The lowest BCUT2D eigenvalue weighted by Crippen LogP contribution is -2.27. The molecule has 0 radical (unpaired) electrons. The molecule has 0 heterocycles. The third-order valence-corrected chi connectivity index (χ3v) is 3.45. The molecule has 3 unspecified atom stereocenters.